The van der Waals surface area contributed by atoms with E-state index in [0.717, 1.165) is 27.7 Å². The van der Waals surface area contributed by atoms with Crippen LogP contribution in [-0.4, -0.2) is 487 Å². The van der Waals surface area contributed by atoms with Gasteiger partial charge in [0.2, 0.25) is 17.7 Å². The molecule has 0 aliphatic carbocycles. The molecule has 52 nitrogen and oxygen atoms in total. The Balaban J connectivity index is 1.21. The fourth-order valence-electron chi connectivity index (χ4n) is 13.7. The number of rotatable bonds is 33. The van der Waals surface area contributed by atoms with Crippen LogP contribution in [0.15, 0.2) is 0 Å². The number of amides is 3. The summed E-state index contributed by atoms with van der Waals surface area (Å²) in [6.07, 6.45) is -93.3. The van der Waals surface area contributed by atoms with E-state index in [-0.39, 0.29) is 0 Å². The summed E-state index contributed by atoms with van der Waals surface area (Å²) in [4.78, 5) is 50.4. The summed E-state index contributed by atoms with van der Waals surface area (Å²) < 4.78 is 131. The molecule has 44 atom stereocenters. The molecule has 113 heavy (non-hydrogen) atoms. The van der Waals surface area contributed by atoms with Crippen molar-refractivity contribution in [1.29, 1.82) is 0 Å². The topological polar surface area (TPSA) is 821 Å². The number of carboxylic acid groups (broad SMARTS) is 1. The zero-order valence-corrected chi connectivity index (χ0v) is 60.8. The lowest BCUT2D eigenvalue weighted by Crippen LogP contribution is -2.71. The summed E-state index contributed by atoms with van der Waals surface area (Å²) in [5.74, 6) is -4.89. The van der Waals surface area contributed by atoms with Crippen LogP contribution in [0.5, 0.6) is 0 Å². The minimum absolute atomic E-state index is 0.857. The standard InChI is InChI=1S/C60H101N3O49S/c1-13-27(74)34(81)39(86)55(98-13)112-51-50(111-59-43(90)48(32(79)21(8-67)101-59)109-58-41(88)36(83)37(84)49(110-58)52(91)92)46(23(10-69)103-60(51)105-44(17(5-64)61-14(2)70)28(75)18(73)11-96-53-25(62-15(3)71)33(80)30(77)24(104-53)12-97-113(93,94)95)107-57-42(89)38(85)45(22(9-68)102-57)106-54-26(63-16(4)72)47(31(78)20(7-66)99-54)108-56-40(87)35(82)29(76)19(6-65)100-56/h13,17-51,53-60,64-69,73-90H,5-12H2,1-4H3,(H,61,70)(H,62,71)(H,63,72)(H,91,92)(H,93,94,95)/t13-,17-,18+,19+,20+,21+,22+,23+,24+,25+,26+,27+,28-,29-,30+,31-,32-,33+,34+,35-,36-,37-,38+,39-,40+,41+,42+,43+,44+,45-,46-,47+,48-,49-,50-,51+,53+,54+,55-,56-,57-,58+,59-,60-/m0/s1. The molecule has 8 heterocycles. The number of aliphatic carboxylic acids is 1. The average Bonchev–Trinajstić information content (AvgIpc) is 0.765. The van der Waals surface area contributed by atoms with Gasteiger partial charge in [0.15, 0.2) is 56.4 Å². The number of aliphatic hydroxyl groups is 24. The molecule has 8 rings (SSSR count). The predicted octanol–water partition coefficient (Wildman–Crippen LogP) is -19.6. The second kappa shape index (κ2) is 40.9. The van der Waals surface area contributed by atoms with Crippen molar-refractivity contribution in [2.45, 2.75) is 298 Å². The molecule has 8 saturated heterocycles. The van der Waals surface area contributed by atoms with Crippen LogP contribution in [0.2, 0.25) is 0 Å². The number of hydrogen-bond donors (Lipinski definition) is 29. The third kappa shape index (κ3) is 22.0. The van der Waals surface area contributed by atoms with Gasteiger partial charge in [0.05, 0.1) is 65.0 Å². The lowest BCUT2D eigenvalue weighted by molar-refractivity contribution is -0.418. The van der Waals surface area contributed by atoms with Gasteiger partial charge in [-0.1, -0.05) is 0 Å². The van der Waals surface area contributed by atoms with Crippen LogP contribution >= 0.6 is 0 Å². The van der Waals surface area contributed by atoms with Gasteiger partial charge in [-0.25, -0.2) is 8.98 Å². The van der Waals surface area contributed by atoms with Gasteiger partial charge >= 0.3 is 16.4 Å². The molecule has 53 heteroatoms. The zero-order valence-electron chi connectivity index (χ0n) is 60.0. The van der Waals surface area contributed by atoms with Crippen LogP contribution in [0, 0.1) is 0 Å². The van der Waals surface area contributed by atoms with Gasteiger partial charge in [0.1, 0.15) is 201 Å². The van der Waals surface area contributed by atoms with Crippen LogP contribution in [-0.2, 0) is 110 Å². The Morgan fingerprint density at radius 2 is 0.814 bits per heavy atom. The Hall–Kier alpha value is -3.85. The Morgan fingerprint density at radius 1 is 0.398 bits per heavy atom. The van der Waals surface area contributed by atoms with Gasteiger partial charge in [-0.15, -0.1) is 0 Å². The van der Waals surface area contributed by atoms with Gasteiger partial charge in [-0.2, -0.15) is 8.42 Å². The summed E-state index contributed by atoms with van der Waals surface area (Å²) in [7, 11) is -5.27. The summed E-state index contributed by atoms with van der Waals surface area (Å²) in [5, 5.41) is 285. The highest BCUT2D eigenvalue weighted by Gasteiger charge is 2.62. The SMILES string of the molecule is CC(=O)N[C@H]1[C@H](OC[C@@H](O)[C@H](O)[C@H](O[C@@H]2O[C@H](CO)[C@H](O[C@@H]3O[C@H](CO)[C@H](O[C@H]4O[C@H](CO)[C@H](O)[C@H](O[C@@H]5O[C@H](CO)[C@H](O)[C@H](O)[C@H]5O)[C@H]4NC(C)=O)[C@H](O)[C@H]3O)[C@H](O[C@@H]3O[C@H](CO)[C@H](O)[C@H](O[C@@H]4O[C@H](C(=O)O)[C@@H](O)[C@H](O)[C@H]4O)[C@H]3O)[C@H]2O[C@@H]2O[C@@H](C)[C@@H](O)[C@@H](O)[C@@H]2O)[C@H](CO)NC(C)=O)O[C@H](COS(=O)(=O)O)[C@@H](O)[C@@H]1O. The monoisotopic (exact) mass is 1680 g/mol. The maximum absolute atomic E-state index is 13.0. The summed E-state index contributed by atoms with van der Waals surface area (Å²) in [5.41, 5.74) is 0. The number of ether oxygens (including phenoxy) is 16. The van der Waals surface area contributed by atoms with Crippen LogP contribution in [0.1, 0.15) is 27.7 Å². The van der Waals surface area contributed by atoms with E-state index in [1.54, 1.807) is 0 Å². The molecule has 0 bridgehead atoms. The van der Waals surface area contributed by atoms with E-state index >= 15 is 0 Å². The largest absolute Gasteiger partial charge is 0.479 e. The van der Waals surface area contributed by atoms with Gasteiger partial charge < -0.3 is 219 Å². The van der Waals surface area contributed by atoms with Gasteiger partial charge in [-0.3, -0.25) is 18.9 Å². The predicted molar refractivity (Wildman–Crippen MR) is 344 cm³/mol. The number of aliphatic hydroxyl groups excluding tert-OH is 24. The quantitative estimate of drug-likeness (QED) is 0.0271. The molecule has 8 fully saturated rings. The summed E-state index contributed by atoms with van der Waals surface area (Å²) in [6.45, 7) is -6.26. The van der Waals surface area contributed by atoms with Crippen LogP contribution in [0.3, 0.4) is 0 Å². The number of nitrogens with one attached hydrogen (secondary N) is 3. The average molecular weight is 1680 g/mol. The van der Waals surface area contributed by atoms with Gasteiger partial charge in [0, 0.05) is 20.8 Å². The molecule has 29 N–H and O–H groups in total. The maximum Gasteiger partial charge on any atom is 0.397 e. The number of carboxylic acids is 1. The van der Waals surface area contributed by atoms with Crippen molar-refractivity contribution in [1.82, 2.24) is 16.0 Å². The molecule has 0 saturated carbocycles. The molecular weight excluding hydrogens is 1580 g/mol. The molecule has 0 aromatic rings. The van der Waals surface area contributed by atoms with Crippen molar-refractivity contribution in [3.05, 3.63) is 0 Å². The third-order valence-electron chi connectivity index (χ3n) is 19.7. The second-order valence-corrected chi connectivity index (χ2v) is 28.8. The molecule has 3 amide bonds. The first-order valence-electron chi connectivity index (χ1n) is 35.1. The smallest absolute Gasteiger partial charge is 0.397 e. The Morgan fingerprint density at radius 3 is 1.35 bits per heavy atom. The van der Waals surface area contributed by atoms with Crippen molar-refractivity contribution in [2.24, 2.45) is 0 Å². The molecule has 0 spiro atoms. The Labute approximate surface area is 638 Å². The molecule has 8 aliphatic heterocycles. The fraction of sp³-hybridized carbons (Fsp3) is 0.933. The Kier molecular flexibility index (Phi) is 34.3. The van der Waals surface area contributed by atoms with Crippen molar-refractivity contribution in [3.63, 3.8) is 0 Å². The Bertz CT molecular complexity index is 3130. The molecule has 0 unspecified atom stereocenters. The van der Waals surface area contributed by atoms with Crippen molar-refractivity contribution in [3.8, 4) is 0 Å². The first-order chi connectivity index (χ1) is 53.1. The molecular formula is C60H101N3O49S. The summed E-state index contributed by atoms with van der Waals surface area (Å²) >= 11 is 0. The van der Waals surface area contributed by atoms with Crippen molar-refractivity contribution >= 4 is 34.1 Å². The van der Waals surface area contributed by atoms with E-state index in [0.29, 0.717) is 0 Å². The van der Waals surface area contributed by atoms with Crippen molar-refractivity contribution < 1.29 is 240 Å². The van der Waals surface area contributed by atoms with Crippen LogP contribution in [0.4, 0.5) is 0 Å². The van der Waals surface area contributed by atoms with E-state index in [4.69, 9.17) is 75.8 Å². The van der Waals surface area contributed by atoms with E-state index < -0.39 is 357 Å². The third-order valence-corrected chi connectivity index (χ3v) is 20.2. The first-order valence-corrected chi connectivity index (χ1v) is 36.4. The fourth-order valence-corrected chi connectivity index (χ4v) is 14.0. The van der Waals surface area contributed by atoms with Crippen molar-refractivity contribution in [2.75, 3.05) is 52.9 Å². The highest BCUT2D eigenvalue weighted by Crippen LogP contribution is 2.41. The minimum atomic E-state index is -5.27. The normalized spacial score (nSPS) is 45.8. The number of carbonyl (C=O) groups is 4. The molecule has 656 valence electrons. The number of hydrogen-bond acceptors (Lipinski definition) is 47. The zero-order chi connectivity index (χ0) is 84.0. The van der Waals surface area contributed by atoms with Gasteiger partial charge in [0.25, 0.3) is 0 Å². The highest BCUT2D eigenvalue weighted by atomic mass is 32.3. The molecule has 0 radical (unpaired) electrons. The molecule has 8 aliphatic rings. The van der Waals surface area contributed by atoms with Gasteiger partial charge in [-0.05, 0) is 6.92 Å². The molecule has 0 aromatic heterocycles. The number of carbonyl (C=O) groups excluding carboxylic acids is 3. The van der Waals surface area contributed by atoms with E-state index in [1.807, 2.05) is 0 Å². The lowest BCUT2D eigenvalue weighted by Gasteiger charge is -2.52. The van der Waals surface area contributed by atoms with E-state index in [2.05, 4.69) is 20.1 Å². The molecule has 0 aromatic carbocycles. The minimum Gasteiger partial charge on any atom is -0.479 e. The summed E-state index contributed by atoms with van der Waals surface area (Å²) in [6, 6.07) is -5.78. The first kappa shape index (κ1) is 94.6. The van der Waals surface area contributed by atoms with Crippen LogP contribution in [0.25, 0.3) is 0 Å². The lowest BCUT2D eigenvalue weighted by atomic mass is 9.94. The van der Waals surface area contributed by atoms with E-state index in [1.165, 1.54) is 0 Å². The van der Waals surface area contributed by atoms with E-state index in [9.17, 15) is 160 Å². The van der Waals surface area contributed by atoms with Crippen LogP contribution < -0.4 is 16.0 Å². The second-order valence-electron chi connectivity index (χ2n) is 27.7. The highest BCUT2D eigenvalue weighted by molar-refractivity contribution is 7.80. The maximum atomic E-state index is 13.0.